The molecule has 2 heteroatoms. The Morgan fingerprint density at radius 1 is 1.14 bits per heavy atom. The molecule has 1 aromatic carbocycles. The van der Waals surface area contributed by atoms with E-state index in [1.165, 1.54) is 0 Å². The van der Waals surface area contributed by atoms with Crippen LogP contribution in [0.5, 0.6) is 5.75 Å². The van der Waals surface area contributed by atoms with Gasteiger partial charge in [-0.15, -0.1) is 0 Å². The van der Waals surface area contributed by atoms with E-state index in [0.717, 1.165) is 18.4 Å². The molecule has 0 amide bonds. The van der Waals surface area contributed by atoms with E-state index in [1.807, 2.05) is 12.1 Å². The number of rotatable bonds is 4. The number of hydrogen-bond acceptors (Lipinski definition) is 2. The van der Waals surface area contributed by atoms with Gasteiger partial charge in [-0.3, -0.25) is 0 Å². The van der Waals surface area contributed by atoms with Crippen LogP contribution in [-0.4, -0.2) is 5.11 Å². The molecule has 0 radical (unpaired) electrons. The van der Waals surface area contributed by atoms with Crippen LogP contribution in [0.2, 0.25) is 0 Å². The smallest absolute Gasteiger partial charge is 0.115 e. The van der Waals surface area contributed by atoms with E-state index < -0.39 is 0 Å². The zero-order valence-electron chi connectivity index (χ0n) is 8.90. The number of nitrogens with two attached hydrogens (primary N) is 1. The summed E-state index contributed by atoms with van der Waals surface area (Å²) in [6, 6.07) is 7.24. The fourth-order valence-corrected chi connectivity index (χ4v) is 1.40. The molecule has 0 heterocycles. The van der Waals surface area contributed by atoms with Crippen molar-refractivity contribution in [2.75, 3.05) is 0 Å². The summed E-state index contributed by atoms with van der Waals surface area (Å²) in [5.74, 6) is 0.989. The molecule has 0 bridgehead atoms. The zero-order valence-corrected chi connectivity index (χ0v) is 8.90. The van der Waals surface area contributed by atoms with Crippen LogP contribution in [-0.2, 0) is 0 Å². The van der Waals surface area contributed by atoms with Crippen molar-refractivity contribution in [3.63, 3.8) is 0 Å². The van der Waals surface area contributed by atoms with Gasteiger partial charge in [0.1, 0.15) is 5.75 Å². The first-order chi connectivity index (χ1) is 6.59. The van der Waals surface area contributed by atoms with Crippen LogP contribution in [0.15, 0.2) is 24.3 Å². The zero-order chi connectivity index (χ0) is 10.6. The van der Waals surface area contributed by atoms with Gasteiger partial charge in [0.2, 0.25) is 0 Å². The predicted molar refractivity (Wildman–Crippen MR) is 59.1 cm³/mol. The van der Waals surface area contributed by atoms with Crippen LogP contribution in [0.1, 0.15) is 38.3 Å². The Morgan fingerprint density at radius 3 is 2.21 bits per heavy atom. The van der Waals surface area contributed by atoms with Crippen LogP contribution >= 0.6 is 0 Å². The van der Waals surface area contributed by atoms with Crippen molar-refractivity contribution >= 4 is 0 Å². The highest BCUT2D eigenvalue weighted by atomic mass is 16.3. The van der Waals surface area contributed by atoms with Crippen LogP contribution < -0.4 is 5.73 Å². The Kier molecular flexibility index (Phi) is 3.96. The molecule has 1 atom stereocenters. The monoisotopic (exact) mass is 193 g/mol. The van der Waals surface area contributed by atoms with Gasteiger partial charge in [-0.1, -0.05) is 26.0 Å². The molecule has 0 spiro atoms. The fourth-order valence-electron chi connectivity index (χ4n) is 1.40. The Hall–Kier alpha value is -1.02. The molecule has 1 aromatic rings. The summed E-state index contributed by atoms with van der Waals surface area (Å²) in [4.78, 5) is 0. The number of aromatic hydroxyl groups is 1. The molecule has 0 fully saturated rings. The lowest BCUT2D eigenvalue weighted by atomic mass is 9.98. The molecule has 78 valence electrons. The molecular formula is C12H19NO. The maximum atomic E-state index is 9.12. The van der Waals surface area contributed by atoms with Gasteiger partial charge >= 0.3 is 0 Å². The second kappa shape index (κ2) is 5.01. The minimum absolute atomic E-state index is 0.0954. The summed E-state index contributed by atoms with van der Waals surface area (Å²) in [5.41, 5.74) is 7.11. The summed E-state index contributed by atoms with van der Waals surface area (Å²) in [6.07, 6.45) is 2.14. The molecule has 0 unspecified atom stereocenters. The SMILES string of the molecule is CC(C)CC[C@H](N)c1ccc(O)cc1. The first kappa shape index (κ1) is 11.1. The normalized spacial score (nSPS) is 13.1. The molecule has 14 heavy (non-hydrogen) atoms. The van der Waals surface area contributed by atoms with Gasteiger partial charge < -0.3 is 10.8 Å². The van der Waals surface area contributed by atoms with Crippen LogP contribution in [0.3, 0.4) is 0 Å². The molecule has 3 N–H and O–H groups in total. The second-order valence-corrected chi connectivity index (χ2v) is 4.17. The summed E-state index contributed by atoms with van der Waals surface area (Å²) in [7, 11) is 0. The number of hydrogen-bond donors (Lipinski definition) is 2. The first-order valence-electron chi connectivity index (χ1n) is 5.14. The Morgan fingerprint density at radius 2 is 1.71 bits per heavy atom. The number of benzene rings is 1. The van der Waals surface area contributed by atoms with Crippen molar-refractivity contribution in [3.8, 4) is 5.75 Å². The van der Waals surface area contributed by atoms with Crippen molar-refractivity contribution in [1.82, 2.24) is 0 Å². The van der Waals surface area contributed by atoms with Gasteiger partial charge in [0.25, 0.3) is 0 Å². The van der Waals surface area contributed by atoms with Gasteiger partial charge in [-0.05, 0) is 36.5 Å². The van der Waals surface area contributed by atoms with Crippen molar-refractivity contribution in [1.29, 1.82) is 0 Å². The summed E-state index contributed by atoms with van der Waals surface area (Å²) >= 11 is 0. The van der Waals surface area contributed by atoms with E-state index in [9.17, 15) is 0 Å². The van der Waals surface area contributed by atoms with E-state index >= 15 is 0 Å². The highest BCUT2D eigenvalue weighted by Crippen LogP contribution is 2.20. The molecular weight excluding hydrogens is 174 g/mol. The predicted octanol–water partition coefficient (Wildman–Crippen LogP) is 2.83. The fraction of sp³-hybridized carbons (Fsp3) is 0.500. The van der Waals surface area contributed by atoms with Crippen molar-refractivity contribution in [3.05, 3.63) is 29.8 Å². The van der Waals surface area contributed by atoms with Crippen LogP contribution in [0.4, 0.5) is 0 Å². The highest BCUT2D eigenvalue weighted by molar-refractivity contribution is 5.27. The molecule has 0 aliphatic heterocycles. The summed E-state index contributed by atoms with van der Waals surface area (Å²) < 4.78 is 0. The summed E-state index contributed by atoms with van der Waals surface area (Å²) in [5, 5.41) is 9.12. The van der Waals surface area contributed by atoms with Gasteiger partial charge in [0, 0.05) is 6.04 Å². The largest absolute Gasteiger partial charge is 0.508 e. The number of phenolic OH excluding ortho intramolecular Hbond substituents is 1. The van der Waals surface area contributed by atoms with Gasteiger partial charge in [-0.25, -0.2) is 0 Å². The van der Waals surface area contributed by atoms with E-state index in [-0.39, 0.29) is 6.04 Å². The van der Waals surface area contributed by atoms with Crippen molar-refractivity contribution < 1.29 is 5.11 Å². The average Bonchev–Trinajstić information content (AvgIpc) is 2.15. The second-order valence-electron chi connectivity index (χ2n) is 4.17. The Labute approximate surface area is 85.8 Å². The lowest BCUT2D eigenvalue weighted by Crippen LogP contribution is -2.10. The van der Waals surface area contributed by atoms with Gasteiger partial charge in [-0.2, -0.15) is 0 Å². The lowest BCUT2D eigenvalue weighted by Gasteiger charge is -2.13. The minimum atomic E-state index is 0.0954. The third-order valence-corrected chi connectivity index (χ3v) is 2.38. The lowest BCUT2D eigenvalue weighted by molar-refractivity contribution is 0.473. The molecule has 0 aromatic heterocycles. The van der Waals surface area contributed by atoms with Crippen LogP contribution in [0.25, 0.3) is 0 Å². The molecule has 0 saturated heterocycles. The molecule has 1 rings (SSSR count). The molecule has 0 aliphatic carbocycles. The molecule has 2 nitrogen and oxygen atoms in total. The maximum Gasteiger partial charge on any atom is 0.115 e. The summed E-state index contributed by atoms with van der Waals surface area (Å²) in [6.45, 7) is 4.40. The third kappa shape index (κ3) is 3.38. The van der Waals surface area contributed by atoms with Gasteiger partial charge in [0.05, 0.1) is 0 Å². The quantitative estimate of drug-likeness (QED) is 0.772. The first-order valence-corrected chi connectivity index (χ1v) is 5.14. The van der Waals surface area contributed by atoms with E-state index in [4.69, 9.17) is 10.8 Å². The Bertz CT molecular complexity index is 266. The van der Waals surface area contributed by atoms with Crippen molar-refractivity contribution in [2.24, 2.45) is 11.7 Å². The van der Waals surface area contributed by atoms with E-state index in [0.29, 0.717) is 11.7 Å². The average molecular weight is 193 g/mol. The number of phenols is 1. The topological polar surface area (TPSA) is 46.2 Å². The van der Waals surface area contributed by atoms with E-state index in [1.54, 1.807) is 12.1 Å². The Balaban J connectivity index is 2.52. The third-order valence-electron chi connectivity index (χ3n) is 2.38. The minimum Gasteiger partial charge on any atom is -0.508 e. The van der Waals surface area contributed by atoms with Crippen LogP contribution in [0, 0.1) is 5.92 Å². The standard InChI is InChI=1S/C12H19NO/c1-9(2)3-8-12(13)10-4-6-11(14)7-5-10/h4-7,9,12,14H,3,8,13H2,1-2H3/t12-/m0/s1. The van der Waals surface area contributed by atoms with E-state index in [2.05, 4.69) is 13.8 Å². The molecule has 0 saturated carbocycles. The highest BCUT2D eigenvalue weighted by Gasteiger charge is 2.06. The van der Waals surface area contributed by atoms with Gasteiger partial charge in [0.15, 0.2) is 0 Å². The maximum absolute atomic E-state index is 9.12. The molecule has 0 aliphatic rings. The van der Waals surface area contributed by atoms with Crippen molar-refractivity contribution in [2.45, 2.75) is 32.7 Å².